The van der Waals surface area contributed by atoms with Crippen LogP contribution in [0.15, 0.2) is 137 Å². The Balaban J connectivity index is 0.967. The number of hydrogen-bond acceptors (Lipinski definition) is 9. The third kappa shape index (κ3) is 6.62. The molecule has 4 aromatic carbocycles. The van der Waals surface area contributed by atoms with Crippen molar-refractivity contribution in [3.05, 3.63) is 160 Å². The summed E-state index contributed by atoms with van der Waals surface area (Å²) >= 11 is 0. The van der Waals surface area contributed by atoms with Crippen molar-refractivity contribution in [2.24, 2.45) is 5.73 Å². The summed E-state index contributed by atoms with van der Waals surface area (Å²) in [5.74, 6) is 0.228. The number of anilines is 1. The second-order valence-electron chi connectivity index (χ2n) is 13.1. The molecule has 0 bridgehead atoms. The molecule has 0 spiro atoms. The summed E-state index contributed by atoms with van der Waals surface area (Å²) in [5.41, 5.74) is 20.7. The highest BCUT2D eigenvalue weighted by atomic mass is 19.3. The maximum Gasteiger partial charge on any atom is 0.272 e. The lowest BCUT2D eigenvalue weighted by molar-refractivity contribution is -0.112. The molecular formula is C41H36F3N5O4. The van der Waals surface area contributed by atoms with Crippen molar-refractivity contribution in [3.8, 4) is 22.6 Å². The van der Waals surface area contributed by atoms with Crippen LogP contribution in [0.1, 0.15) is 29.0 Å². The molecule has 4 aromatic rings. The minimum absolute atomic E-state index is 0.0154. The number of Topliss-reactive ketones (excluding diaryl/α,β-unsaturated/α-hetero) is 1. The molecule has 0 radical (unpaired) electrons. The maximum absolute atomic E-state index is 14.1. The van der Waals surface area contributed by atoms with Gasteiger partial charge in [0.15, 0.2) is 11.6 Å². The van der Waals surface area contributed by atoms with Gasteiger partial charge in [-0.05, 0) is 82.8 Å². The first kappa shape index (κ1) is 34.1. The summed E-state index contributed by atoms with van der Waals surface area (Å²) in [7, 11) is 0. The fourth-order valence-electron chi connectivity index (χ4n) is 7.23. The number of carbonyl (C=O) groups is 1. The van der Waals surface area contributed by atoms with Crippen molar-refractivity contribution < 1.29 is 32.3 Å². The molecule has 0 saturated carbocycles. The largest absolute Gasteiger partial charge is 0.486 e. The van der Waals surface area contributed by atoms with E-state index in [0.29, 0.717) is 47.0 Å². The van der Waals surface area contributed by atoms with E-state index in [9.17, 15) is 18.0 Å². The topological polar surface area (TPSA) is 110 Å². The molecular weight excluding hydrogens is 683 g/mol. The van der Waals surface area contributed by atoms with Crippen molar-refractivity contribution in [1.82, 2.24) is 16.2 Å². The van der Waals surface area contributed by atoms with Gasteiger partial charge in [-0.15, -0.1) is 0 Å². The summed E-state index contributed by atoms with van der Waals surface area (Å²) < 4.78 is 51.9. The lowest BCUT2D eigenvalue weighted by Crippen LogP contribution is -2.35. The van der Waals surface area contributed by atoms with Crippen molar-refractivity contribution >= 4 is 11.5 Å². The van der Waals surface area contributed by atoms with E-state index >= 15 is 0 Å². The van der Waals surface area contributed by atoms with E-state index in [1.165, 1.54) is 6.07 Å². The lowest BCUT2D eigenvalue weighted by atomic mass is 9.97. The summed E-state index contributed by atoms with van der Waals surface area (Å²) in [5, 5.41) is 4.93. The van der Waals surface area contributed by atoms with E-state index in [4.69, 9.17) is 20.0 Å². The highest BCUT2D eigenvalue weighted by Crippen LogP contribution is 2.44. The summed E-state index contributed by atoms with van der Waals surface area (Å²) in [6.45, 7) is 1.55. The number of nitrogens with zero attached hydrogens (tertiary/aromatic N) is 1. The number of ether oxygens (including phenoxy) is 2. The van der Waals surface area contributed by atoms with Gasteiger partial charge in [-0.2, -0.15) is 0 Å². The number of rotatable bonds is 12. The van der Waals surface area contributed by atoms with Crippen LogP contribution in [-0.4, -0.2) is 38.0 Å². The van der Waals surface area contributed by atoms with E-state index < -0.39 is 18.8 Å². The Morgan fingerprint density at radius 1 is 0.981 bits per heavy atom. The molecule has 2 heterocycles. The molecule has 4 aliphatic rings. The molecule has 8 rings (SSSR count). The fourth-order valence-corrected chi connectivity index (χ4v) is 7.23. The van der Waals surface area contributed by atoms with E-state index in [2.05, 4.69) is 40.5 Å². The van der Waals surface area contributed by atoms with Gasteiger partial charge in [-0.25, -0.2) is 18.6 Å². The number of aryl methyl sites for hydroxylation is 1. The summed E-state index contributed by atoms with van der Waals surface area (Å²) in [4.78, 5) is 19.9. The number of carbonyl (C=O) groups excluding carboxylic acids is 1. The van der Waals surface area contributed by atoms with Crippen molar-refractivity contribution in [3.63, 3.8) is 0 Å². The molecule has 270 valence electrons. The zero-order chi connectivity index (χ0) is 36.6. The Kier molecular flexibility index (Phi) is 9.15. The highest BCUT2D eigenvalue weighted by Gasteiger charge is 2.35. The molecule has 0 aromatic heterocycles. The van der Waals surface area contributed by atoms with Crippen LogP contribution in [0.5, 0.6) is 11.5 Å². The van der Waals surface area contributed by atoms with Gasteiger partial charge in [0.1, 0.15) is 23.9 Å². The Hall–Kier alpha value is -5.98. The number of allylic oxidation sites excluding steroid dienone is 2. The van der Waals surface area contributed by atoms with Crippen molar-refractivity contribution in [1.29, 1.82) is 0 Å². The zero-order valence-electron chi connectivity index (χ0n) is 28.7. The number of benzene rings is 4. The first-order chi connectivity index (χ1) is 25.7. The Bertz CT molecular complexity index is 2190. The first-order valence-corrected chi connectivity index (χ1v) is 17.2. The van der Waals surface area contributed by atoms with Gasteiger partial charge in [0.05, 0.1) is 35.3 Å². The van der Waals surface area contributed by atoms with Crippen molar-refractivity contribution in [2.45, 2.75) is 31.7 Å². The average molecular weight is 720 g/mol. The summed E-state index contributed by atoms with van der Waals surface area (Å²) in [6, 6.07) is 27.5. The Morgan fingerprint density at radius 2 is 1.70 bits per heavy atom. The van der Waals surface area contributed by atoms with Gasteiger partial charge in [0.25, 0.3) is 6.43 Å². The summed E-state index contributed by atoms with van der Waals surface area (Å²) in [6.07, 6.45) is 0.982. The molecule has 53 heavy (non-hydrogen) atoms. The SMILES string of the molecule is Cc1cc(Oc2ccccc2F)ccc1N1NCC(C(=O)C2=CC3=CC(OCC(F)F)=C(NOCC4c5ccccc5-c5ccccc54)CC3N2)=C1N. The van der Waals surface area contributed by atoms with Crippen LogP contribution in [-0.2, 0) is 14.4 Å². The van der Waals surface area contributed by atoms with Gasteiger partial charge >= 0.3 is 0 Å². The highest BCUT2D eigenvalue weighted by molar-refractivity contribution is 6.10. The molecule has 2 aliphatic heterocycles. The number of halogens is 3. The van der Waals surface area contributed by atoms with Crippen LogP contribution < -0.4 is 31.7 Å². The number of hydrazine groups is 1. The van der Waals surface area contributed by atoms with E-state index in [1.54, 1.807) is 53.6 Å². The van der Waals surface area contributed by atoms with E-state index in [1.807, 2.05) is 31.2 Å². The molecule has 1 unspecified atom stereocenters. The predicted molar refractivity (Wildman–Crippen MR) is 194 cm³/mol. The second kappa shape index (κ2) is 14.2. The van der Waals surface area contributed by atoms with Crippen LogP contribution in [0.3, 0.4) is 0 Å². The number of ketones is 1. The van der Waals surface area contributed by atoms with Gasteiger partial charge in [0, 0.05) is 18.9 Å². The van der Waals surface area contributed by atoms with E-state index in [0.717, 1.165) is 27.8 Å². The molecule has 0 fully saturated rings. The third-order valence-corrected chi connectivity index (χ3v) is 9.78. The number of alkyl halides is 2. The maximum atomic E-state index is 14.1. The molecule has 1 atom stereocenters. The fraction of sp³-hybridized carbons (Fsp3) is 0.195. The van der Waals surface area contributed by atoms with Gasteiger partial charge in [-0.3, -0.25) is 20.1 Å². The second-order valence-corrected chi connectivity index (χ2v) is 13.1. The number of fused-ring (bicyclic) bond motifs is 4. The number of nitrogens with two attached hydrogens (primary N) is 1. The first-order valence-electron chi connectivity index (χ1n) is 17.2. The van der Waals surface area contributed by atoms with Gasteiger partial charge in [-0.1, -0.05) is 60.7 Å². The average Bonchev–Trinajstić information content (AvgIpc) is 3.85. The molecule has 0 saturated heterocycles. The third-order valence-electron chi connectivity index (χ3n) is 9.78. The van der Waals surface area contributed by atoms with Crippen LogP contribution in [0.2, 0.25) is 0 Å². The van der Waals surface area contributed by atoms with Gasteiger partial charge in [0.2, 0.25) is 5.78 Å². The molecule has 9 nitrogen and oxygen atoms in total. The quantitative estimate of drug-likeness (QED) is 0.115. The number of hydrogen-bond donors (Lipinski definition) is 4. The zero-order valence-corrected chi connectivity index (χ0v) is 28.7. The Morgan fingerprint density at radius 3 is 2.42 bits per heavy atom. The monoisotopic (exact) mass is 719 g/mol. The van der Waals surface area contributed by atoms with Crippen molar-refractivity contribution in [2.75, 3.05) is 24.8 Å². The lowest BCUT2D eigenvalue weighted by Gasteiger charge is -2.25. The van der Waals surface area contributed by atoms with Crippen LogP contribution >= 0.6 is 0 Å². The van der Waals surface area contributed by atoms with Gasteiger partial charge < -0.3 is 20.5 Å². The molecule has 2 aliphatic carbocycles. The predicted octanol–water partition coefficient (Wildman–Crippen LogP) is 7.00. The minimum Gasteiger partial charge on any atom is -0.486 e. The van der Waals surface area contributed by atoms with Crippen LogP contribution in [0, 0.1) is 12.7 Å². The molecule has 0 amide bonds. The van der Waals surface area contributed by atoms with Crippen LogP contribution in [0.4, 0.5) is 18.9 Å². The number of nitrogens with one attached hydrogen (secondary N) is 3. The Labute approximate surface area is 304 Å². The number of para-hydroxylation sites is 1. The molecule has 12 heteroatoms. The standard InChI is InChI=1S/C41H36F3N5O4/c1-23-16-25(53-37-13-7-6-12-32(37)42)14-15-36(23)49-41(45)30(20-46-49)40(50)35-17-24-18-38(51-22-39(43)44)34(19-33(24)47-35)48-52-21-31-28-10-4-2-8-26(28)27-9-3-5-11-29(27)31/h2-18,31,33,39,46-48H,19-22,45H2,1H3. The number of hydroxylamine groups is 1. The normalized spacial score (nSPS) is 17.7. The molecule has 5 N–H and O–H groups in total. The minimum atomic E-state index is -2.67. The smallest absolute Gasteiger partial charge is 0.272 e. The van der Waals surface area contributed by atoms with E-state index in [-0.39, 0.29) is 41.6 Å². The van der Waals surface area contributed by atoms with Crippen LogP contribution in [0.25, 0.3) is 11.1 Å².